The molecule has 0 aliphatic carbocycles. The Hall–Kier alpha value is -2.99. The molecule has 0 aliphatic rings. The maximum absolute atomic E-state index is 13.4. The summed E-state index contributed by atoms with van der Waals surface area (Å²) in [5.74, 6) is -0.138. The summed E-state index contributed by atoms with van der Waals surface area (Å²) in [6.45, 7) is 8.72. The van der Waals surface area contributed by atoms with Gasteiger partial charge in [0, 0.05) is 12.2 Å². The van der Waals surface area contributed by atoms with Crippen LogP contribution in [-0.2, 0) is 6.54 Å². The van der Waals surface area contributed by atoms with Gasteiger partial charge in [0.25, 0.3) is 5.91 Å². The molecule has 0 N–H and O–H groups in total. The topological polar surface area (TPSA) is 51.0 Å². The molecule has 0 bridgehead atoms. The third kappa shape index (κ3) is 3.93. The number of hydrogen-bond acceptors (Lipinski definition) is 4. The molecule has 4 aromatic rings. The third-order valence-corrected chi connectivity index (χ3v) is 6.05. The lowest BCUT2D eigenvalue weighted by atomic mass is 10.1. The zero-order valence-electron chi connectivity index (χ0n) is 17.1. The first-order valence-corrected chi connectivity index (χ1v) is 10.5. The summed E-state index contributed by atoms with van der Waals surface area (Å²) in [6.07, 6.45) is 1.85. The summed E-state index contributed by atoms with van der Waals surface area (Å²) >= 11 is 1.54. The molecule has 0 aliphatic heterocycles. The summed E-state index contributed by atoms with van der Waals surface area (Å²) in [5.41, 5.74) is 4.83. The van der Waals surface area contributed by atoms with Gasteiger partial charge in [0.15, 0.2) is 10.8 Å². The maximum atomic E-state index is 13.4. The van der Waals surface area contributed by atoms with Crippen molar-refractivity contribution in [2.45, 2.75) is 40.3 Å². The number of fused-ring (bicyclic) bond motifs is 1. The van der Waals surface area contributed by atoms with Gasteiger partial charge in [0.2, 0.25) is 0 Å². The molecule has 2 aromatic carbocycles. The number of amides is 1. The molecule has 1 amide bonds. The first-order valence-electron chi connectivity index (χ1n) is 9.71. The number of carbonyl (C=O) groups is 1. The number of hydrogen-bond donors (Lipinski definition) is 0. The summed E-state index contributed by atoms with van der Waals surface area (Å²) in [7, 11) is 0. The van der Waals surface area contributed by atoms with Crippen LogP contribution in [0.1, 0.15) is 47.1 Å². The Morgan fingerprint density at radius 1 is 1.10 bits per heavy atom. The molecule has 2 heterocycles. The summed E-state index contributed by atoms with van der Waals surface area (Å²) in [5, 5.41) is 5.17. The van der Waals surface area contributed by atoms with E-state index in [9.17, 15) is 4.79 Å². The van der Waals surface area contributed by atoms with Gasteiger partial charge in [-0.25, -0.2) is 4.98 Å². The number of rotatable bonds is 5. The van der Waals surface area contributed by atoms with Crippen molar-refractivity contribution in [2.24, 2.45) is 0 Å². The number of anilines is 1. The van der Waals surface area contributed by atoms with Crippen molar-refractivity contribution in [2.75, 3.05) is 4.90 Å². The van der Waals surface area contributed by atoms with E-state index in [0.717, 1.165) is 15.8 Å². The van der Waals surface area contributed by atoms with Crippen LogP contribution in [0.5, 0.6) is 0 Å². The molecule has 0 saturated carbocycles. The van der Waals surface area contributed by atoms with E-state index >= 15 is 0 Å². The Bertz CT molecular complexity index is 1120. The smallest absolute Gasteiger partial charge is 0.278 e. The molecular formula is C23H24N4OS. The molecule has 0 spiro atoms. The molecule has 0 unspecified atom stereocenters. The Kier molecular flexibility index (Phi) is 5.20. The number of aromatic nitrogens is 3. The van der Waals surface area contributed by atoms with E-state index in [4.69, 9.17) is 4.98 Å². The predicted molar refractivity (Wildman–Crippen MR) is 119 cm³/mol. The van der Waals surface area contributed by atoms with E-state index in [2.05, 4.69) is 31.1 Å². The molecule has 0 saturated heterocycles. The molecule has 4 rings (SSSR count). The molecular weight excluding hydrogens is 380 g/mol. The normalized spacial score (nSPS) is 11.3. The fourth-order valence-corrected chi connectivity index (χ4v) is 4.20. The summed E-state index contributed by atoms with van der Waals surface area (Å²) in [6, 6.07) is 16.2. The average Bonchev–Trinajstić information content (AvgIpc) is 3.34. The first-order chi connectivity index (χ1) is 13.9. The molecule has 2 aromatic heterocycles. The lowest BCUT2D eigenvalue weighted by Crippen LogP contribution is -2.30. The number of carbonyl (C=O) groups excluding carboxylic acids is 1. The molecule has 29 heavy (non-hydrogen) atoms. The van der Waals surface area contributed by atoms with E-state index in [1.54, 1.807) is 27.0 Å². The molecule has 148 valence electrons. The van der Waals surface area contributed by atoms with Crippen molar-refractivity contribution in [3.05, 3.63) is 77.1 Å². The van der Waals surface area contributed by atoms with Crippen molar-refractivity contribution in [3.8, 4) is 0 Å². The number of benzene rings is 2. The van der Waals surface area contributed by atoms with E-state index in [1.807, 2.05) is 50.4 Å². The molecule has 0 fully saturated rings. The second-order valence-corrected chi connectivity index (χ2v) is 8.56. The second-order valence-electron chi connectivity index (χ2n) is 7.55. The Balaban J connectivity index is 1.76. The summed E-state index contributed by atoms with van der Waals surface area (Å²) in [4.78, 5) is 19.9. The van der Waals surface area contributed by atoms with Crippen LogP contribution in [0.15, 0.2) is 54.7 Å². The minimum absolute atomic E-state index is 0.138. The van der Waals surface area contributed by atoms with Gasteiger partial charge in [-0.1, -0.05) is 41.7 Å². The van der Waals surface area contributed by atoms with E-state index in [1.165, 1.54) is 11.1 Å². The van der Waals surface area contributed by atoms with Crippen LogP contribution >= 0.6 is 11.3 Å². The maximum Gasteiger partial charge on any atom is 0.280 e. The van der Waals surface area contributed by atoms with Crippen LogP contribution in [0.4, 0.5) is 5.13 Å². The average molecular weight is 405 g/mol. The number of nitrogens with zero attached hydrogens (tertiary/aromatic N) is 4. The van der Waals surface area contributed by atoms with Gasteiger partial charge in [-0.15, -0.1) is 0 Å². The van der Waals surface area contributed by atoms with Crippen molar-refractivity contribution in [3.63, 3.8) is 0 Å². The van der Waals surface area contributed by atoms with Crippen molar-refractivity contribution >= 4 is 32.6 Å². The van der Waals surface area contributed by atoms with Gasteiger partial charge >= 0.3 is 0 Å². The predicted octanol–water partition coefficient (Wildman–Crippen LogP) is 5.54. The highest BCUT2D eigenvalue weighted by atomic mass is 32.1. The molecule has 6 heteroatoms. The fraction of sp³-hybridized carbons (Fsp3) is 0.261. The van der Waals surface area contributed by atoms with Crippen molar-refractivity contribution in [1.29, 1.82) is 0 Å². The Morgan fingerprint density at radius 2 is 1.83 bits per heavy atom. The van der Waals surface area contributed by atoms with Crippen LogP contribution < -0.4 is 4.90 Å². The zero-order valence-corrected chi connectivity index (χ0v) is 17.9. The Labute approximate surface area is 174 Å². The van der Waals surface area contributed by atoms with E-state index < -0.39 is 0 Å². The van der Waals surface area contributed by atoms with Gasteiger partial charge in [0.1, 0.15) is 0 Å². The Morgan fingerprint density at radius 3 is 2.52 bits per heavy atom. The lowest BCUT2D eigenvalue weighted by molar-refractivity contribution is 0.0979. The van der Waals surface area contributed by atoms with Gasteiger partial charge in [-0.2, -0.15) is 5.10 Å². The van der Waals surface area contributed by atoms with Crippen LogP contribution in [0.25, 0.3) is 10.2 Å². The minimum Gasteiger partial charge on any atom is -0.278 e. The van der Waals surface area contributed by atoms with E-state index in [-0.39, 0.29) is 11.9 Å². The van der Waals surface area contributed by atoms with Gasteiger partial charge < -0.3 is 0 Å². The highest BCUT2D eigenvalue weighted by molar-refractivity contribution is 7.22. The van der Waals surface area contributed by atoms with Gasteiger partial charge in [-0.05, 0) is 62.6 Å². The van der Waals surface area contributed by atoms with Crippen LogP contribution in [0.2, 0.25) is 0 Å². The standard InChI is InChI=1S/C23H24N4OS/c1-15(2)27-11-10-19(25-27)22(28)26(14-18-8-6-5-7-9-18)23-24-20-12-16(3)17(4)13-21(20)29-23/h5-13,15H,14H2,1-4H3. The van der Waals surface area contributed by atoms with Crippen molar-refractivity contribution < 1.29 is 4.79 Å². The molecule has 0 atom stereocenters. The van der Waals surface area contributed by atoms with Crippen LogP contribution in [0, 0.1) is 13.8 Å². The lowest BCUT2D eigenvalue weighted by Gasteiger charge is -2.19. The first kappa shape index (κ1) is 19.3. The number of thiazole rings is 1. The van der Waals surface area contributed by atoms with Crippen molar-refractivity contribution in [1.82, 2.24) is 14.8 Å². The van der Waals surface area contributed by atoms with Crippen LogP contribution in [0.3, 0.4) is 0 Å². The summed E-state index contributed by atoms with van der Waals surface area (Å²) < 4.78 is 2.89. The largest absolute Gasteiger partial charge is 0.280 e. The SMILES string of the molecule is Cc1cc2nc(N(Cc3ccccc3)C(=O)c3ccn(C(C)C)n3)sc2cc1C. The van der Waals surface area contributed by atoms with Gasteiger partial charge in [0.05, 0.1) is 16.8 Å². The fourth-order valence-electron chi connectivity index (χ4n) is 3.15. The second kappa shape index (κ2) is 7.79. The van der Waals surface area contributed by atoms with E-state index in [0.29, 0.717) is 17.4 Å². The quantitative estimate of drug-likeness (QED) is 0.439. The minimum atomic E-state index is -0.138. The van der Waals surface area contributed by atoms with Gasteiger partial charge in [-0.3, -0.25) is 14.4 Å². The highest BCUT2D eigenvalue weighted by Gasteiger charge is 2.24. The monoisotopic (exact) mass is 404 g/mol. The zero-order chi connectivity index (χ0) is 20.5. The number of aryl methyl sites for hydroxylation is 2. The third-order valence-electron chi connectivity index (χ3n) is 5.01. The molecule has 0 radical (unpaired) electrons. The molecule has 5 nitrogen and oxygen atoms in total. The van der Waals surface area contributed by atoms with Crippen LogP contribution in [-0.4, -0.2) is 20.7 Å². The highest BCUT2D eigenvalue weighted by Crippen LogP contribution is 2.32.